The number of hydrogen-bond donors (Lipinski definition) is 2. The molecular formula is C22H23N5O3. The molecule has 8 heteroatoms. The van der Waals surface area contributed by atoms with Crippen molar-refractivity contribution in [2.75, 3.05) is 32.0 Å². The lowest BCUT2D eigenvalue weighted by Crippen LogP contribution is -2.02. The summed E-state index contributed by atoms with van der Waals surface area (Å²) in [6.07, 6.45) is 3.73. The molecule has 0 saturated heterocycles. The largest absolute Gasteiger partial charge is 0.493 e. The third kappa shape index (κ3) is 3.67. The van der Waals surface area contributed by atoms with Gasteiger partial charge in [-0.1, -0.05) is 6.07 Å². The predicted octanol–water partition coefficient (Wildman–Crippen LogP) is 4.48. The highest BCUT2D eigenvalue weighted by molar-refractivity contribution is 5.93. The number of nitrogens with zero attached hydrogens (tertiary/aromatic N) is 3. The van der Waals surface area contributed by atoms with E-state index in [9.17, 15) is 0 Å². The van der Waals surface area contributed by atoms with Crippen LogP contribution in [0, 0.1) is 0 Å². The van der Waals surface area contributed by atoms with Crippen molar-refractivity contribution >= 4 is 34.0 Å². The van der Waals surface area contributed by atoms with Crippen molar-refractivity contribution in [2.24, 2.45) is 7.05 Å². The van der Waals surface area contributed by atoms with Crippen LogP contribution in [0.2, 0.25) is 0 Å². The van der Waals surface area contributed by atoms with Crippen LogP contribution in [-0.4, -0.2) is 35.9 Å². The quantitative estimate of drug-likeness (QED) is 0.469. The highest BCUT2D eigenvalue weighted by Gasteiger charge is 2.14. The summed E-state index contributed by atoms with van der Waals surface area (Å²) in [5.74, 6) is 2.73. The summed E-state index contributed by atoms with van der Waals surface area (Å²) < 4.78 is 18.3. The highest BCUT2D eigenvalue weighted by atomic mass is 16.5. The van der Waals surface area contributed by atoms with Gasteiger partial charge in [-0.3, -0.25) is 0 Å². The minimum Gasteiger partial charge on any atom is -0.493 e. The fourth-order valence-corrected chi connectivity index (χ4v) is 3.32. The average molecular weight is 405 g/mol. The van der Waals surface area contributed by atoms with E-state index in [1.165, 1.54) is 0 Å². The zero-order valence-corrected chi connectivity index (χ0v) is 17.3. The number of rotatable bonds is 7. The molecule has 2 aromatic carbocycles. The molecule has 0 fully saturated rings. The summed E-state index contributed by atoms with van der Waals surface area (Å²) in [6, 6.07) is 13.6. The van der Waals surface area contributed by atoms with Crippen LogP contribution < -0.4 is 24.8 Å². The van der Waals surface area contributed by atoms with E-state index in [2.05, 4.69) is 37.3 Å². The number of fused-ring (bicyclic) bond motifs is 1. The van der Waals surface area contributed by atoms with Crippen molar-refractivity contribution in [3.63, 3.8) is 0 Å². The van der Waals surface area contributed by atoms with Gasteiger partial charge in [0.1, 0.15) is 5.82 Å². The molecule has 0 spiro atoms. The first kappa shape index (κ1) is 19.4. The second-order valence-corrected chi connectivity index (χ2v) is 6.59. The van der Waals surface area contributed by atoms with Gasteiger partial charge in [0, 0.05) is 53.9 Å². The SMILES string of the molecule is COc1cc(Nc2nccc(Nc3cccc4c3ccn4C)n2)cc(OC)c1OC. The zero-order valence-electron chi connectivity index (χ0n) is 17.3. The number of aromatic nitrogens is 3. The second kappa shape index (κ2) is 8.20. The maximum atomic E-state index is 5.40. The van der Waals surface area contributed by atoms with Crippen LogP contribution in [0.15, 0.2) is 54.9 Å². The minimum absolute atomic E-state index is 0.439. The third-order valence-electron chi connectivity index (χ3n) is 4.77. The molecule has 2 heterocycles. The smallest absolute Gasteiger partial charge is 0.229 e. The molecule has 0 aliphatic rings. The van der Waals surface area contributed by atoms with E-state index in [-0.39, 0.29) is 0 Å². The summed E-state index contributed by atoms with van der Waals surface area (Å²) in [4.78, 5) is 8.89. The number of anilines is 4. The summed E-state index contributed by atoms with van der Waals surface area (Å²) in [5, 5.41) is 7.69. The van der Waals surface area contributed by atoms with Gasteiger partial charge in [0.05, 0.1) is 21.3 Å². The molecule has 4 rings (SSSR count). The Bertz CT molecular complexity index is 1160. The van der Waals surface area contributed by atoms with Crippen LogP contribution in [-0.2, 0) is 7.05 Å². The Kier molecular flexibility index (Phi) is 5.30. The van der Waals surface area contributed by atoms with Gasteiger partial charge in [0.2, 0.25) is 11.7 Å². The Hall–Kier alpha value is -3.94. The number of hydrogen-bond acceptors (Lipinski definition) is 7. The molecule has 0 radical (unpaired) electrons. The van der Waals surface area contributed by atoms with Crippen molar-refractivity contribution in [3.05, 3.63) is 54.9 Å². The molecule has 0 unspecified atom stereocenters. The second-order valence-electron chi connectivity index (χ2n) is 6.59. The highest BCUT2D eigenvalue weighted by Crippen LogP contribution is 2.40. The number of nitrogens with one attached hydrogen (secondary N) is 2. The van der Waals surface area contributed by atoms with Crippen molar-refractivity contribution in [1.29, 1.82) is 0 Å². The lowest BCUT2D eigenvalue weighted by atomic mass is 10.2. The molecule has 30 heavy (non-hydrogen) atoms. The third-order valence-corrected chi connectivity index (χ3v) is 4.77. The van der Waals surface area contributed by atoms with Gasteiger partial charge in [-0.15, -0.1) is 0 Å². The first-order chi connectivity index (χ1) is 14.6. The van der Waals surface area contributed by atoms with Gasteiger partial charge in [-0.05, 0) is 24.3 Å². The topological polar surface area (TPSA) is 82.5 Å². The fraction of sp³-hybridized carbons (Fsp3) is 0.182. The molecule has 0 bridgehead atoms. The lowest BCUT2D eigenvalue weighted by Gasteiger charge is -2.15. The van der Waals surface area contributed by atoms with Crippen molar-refractivity contribution in [2.45, 2.75) is 0 Å². The number of aryl methyl sites for hydroxylation is 1. The fourth-order valence-electron chi connectivity index (χ4n) is 3.32. The van der Waals surface area contributed by atoms with E-state index < -0.39 is 0 Å². The Morgan fingerprint density at radius 3 is 2.37 bits per heavy atom. The predicted molar refractivity (Wildman–Crippen MR) is 118 cm³/mol. The van der Waals surface area contributed by atoms with E-state index in [4.69, 9.17) is 14.2 Å². The average Bonchev–Trinajstić information content (AvgIpc) is 3.15. The van der Waals surface area contributed by atoms with E-state index in [0.29, 0.717) is 34.7 Å². The summed E-state index contributed by atoms with van der Waals surface area (Å²) in [5.41, 5.74) is 2.84. The zero-order chi connectivity index (χ0) is 21.1. The Morgan fingerprint density at radius 2 is 1.67 bits per heavy atom. The maximum Gasteiger partial charge on any atom is 0.229 e. The van der Waals surface area contributed by atoms with Gasteiger partial charge in [-0.2, -0.15) is 4.98 Å². The van der Waals surface area contributed by atoms with Gasteiger partial charge >= 0.3 is 0 Å². The van der Waals surface area contributed by atoms with Crippen LogP contribution in [0.4, 0.5) is 23.1 Å². The molecule has 8 nitrogen and oxygen atoms in total. The molecule has 2 aromatic heterocycles. The first-order valence-corrected chi connectivity index (χ1v) is 9.34. The molecule has 2 N–H and O–H groups in total. The van der Waals surface area contributed by atoms with Gasteiger partial charge in [-0.25, -0.2) is 4.98 Å². The first-order valence-electron chi connectivity index (χ1n) is 9.34. The monoisotopic (exact) mass is 405 g/mol. The van der Waals surface area contributed by atoms with E-state index in [0.717, 1.165) is 16.6 Å². The van der Waals surface area contributed by atoms with E-state index in [1.54, 1.807) is 39.7 Å². The number of benzene rings is 2. The van der Waals surface area contributed by atoms with Crippen molar-refractivity contribution in [3.8, 4) is 17.2 Å². The van der Waals surface area contributed by atoms with Gasteiger partial charge < -0.3 is 29.4 Å². The summed E-state index contributed by atoms with van der Waals surface area (Å²) in [7, 11) is 6.74. The van der Waals surface area contributed by atoms with Crippen molar-refractivity contribution in [1.82, 2.24) is 14.5 Å². The van der Waals surface area contributed by atoms with Crippen LogP contribution in [0.5, 0.6) is 17.2 Å². The molecule has 154 valence electrons. The standard InChI is InChI=1S/C22H23N5O3/c1-27-11-9-15-16(6-5-7-17(15)27)25-20-8-10-23-22(26-20)24-14-12-18(28-2)21(30-4)19(13-14)29-3/h5-13H,1-4H3,(H2,23,24,25,26). The van der Waals surface area contributed by atoms with Crippen molar-refractivity contribution < 1.29 is 14.2 Å². The van der Waals surface area contributed by atoms with Gasteiger partial charge in [0.25, 0.3) is 0 Å². The van der Waals surface area contributed by atoms with Gasteiger partial charge in [0.15, 0.2) is 11.5 Å². The Balaban J connectivity index is 1.61. The van der Waals surface area contributed by atoms with Crippen LogP contribution in [0.25, 0.3) is 10.9 Å². The summed E-state index contributed by atoms with van der Waals surface area (Å²) in [6.45, 7) is 0. The summed E-state index contributed by atoms with van der Waals surface area (Å²) >= 11 is 0. The minimum atomic E-state index is 0.439. The Labute approximate surface area is 174 Å². The maximum absolute atomic E-state index is 5.40. The van der Waals surface area contributed by atoms with Crippen LogP contribution >= 0.6 is 0 Å². The lowest BCUT2D eigenvalue weighted by molar-refractivity contribution is 0.324. The molecule has 0 atom stereocenters. The normalized spacial score (nSPS) is 10.7. The number of methoxy groups -OCH3 is 3. The van der Waals surface area contributed by atoms with Crippen LogP contribution in [0.3, 0.4) is 0 Å². The molecule has 0 aliphatic heterocycles. The molecule has 0 saturated carbocycles. The Morgan fingerprint density at radius 1 is 0.900 bits per heavy atom. The molecule has 0 aliphatic carbocycles. The van der Waals surface area contributed by atoms with Crippen LogP contribution in [0.1, 0.15) is 0 Å². The van der Waals surface area contributed by atoms with E-state index in [1.807, 2.05) is 31.4 Å². The molecular weight excluding hydrogens is 382 g/mol. The van der Waals surface area contributed by atoms with E-state index >= 15 is 0 Å². The molecule has 0 amide bonds. The number of ether oxygens (including phenoxy) is 3. The molecule has 4 aromatic rings.